The molecule has 3 heteroatoms. The first kappa shape index (κ1) is 14.3. The number of rotatable bonds is 5. The summed E-state index contributed by atoms with van der Waals surface area (Å²) in [5, 5.41) is 7.27. The molecular weight excluding hydrogens is 224 g/mol. The van der Waals surface area contributed by atoms with Gasteiger partial charge >= 0.3 is 0 Å². The normalized spacial score (nSPS) is 35.3. The highest BCUT2D eigenvalue weighted by Gasteiger charge is 2.22. The van der Waals surface area contributed by atoms with Gasteiger partial charge in [0, 0.05) is 18.6 Å². The van der Waals surface area contributed by atoms with Crippen LogP contribution in [0.3, 0.4) is 0 Å². The Kier molecular flexibility index (Phi) is 5.93. The Balaban J connectivity index is 1.62. The highest BCUT2D eigenvalue weighted by Crippen LogP contribution is 2.28. The van der Waals surface area contributed by atoms with Gasteiger partial charge < -0.3 is 15.4 Å². The van der Waals surface area contributed by atoms with Crippen LogP contribution < -0.4 is 10.6 Å². The molecule has 1 saturated heterocycles. The number of hydrogen-bond acceptors (Lipinski definition) is 3. The van der Waals surface area contributed by atoms with Crippen molar-refractivity contribution in [2.75, 3.05) is 26.3 Å². The fourth-order valence-corrected chi connectivity index (χ4v) is 3.33. The predicted molar refractivity (Wildman–Crippen MR) is 75.8 cm³/mol. The van der Waals surface area contributed by atoms with E-state index in [0.29, 0.717) is 12.1 Å². The summed E-state index contributed by atoms with van der Waals surface area (Å²) in [5.41, 5.74) is 0. The van der Waals surface area contributed by atoms with Crippen molar-refractivity contribution in [3.8, 4) is 0 Å². The van der Waals surface area contributed by atoms with Crippen LogP contribution in [0.4, 0.5) is 0 Å². The molecule has 2 rings (SSSR count). The first-order valence-corrected chi connectivity index (χ1v) is 7.80. The molecule has 18 heavy (non-hydrogen) atoms. The molecule has 0 amide bonds. The maximum Gasteiger partial charge on any atom is 0.0620 e. The second-order valence-corrected chi connectivity index (χ2v) is 6.29. The standard InChI is InChI=1S/C15H30N2O/c1-12-5-3-4-6-14(12)10-17-13(2)9-15-11-18-8-7-16-15/h12-17H,3-11H2,1-2H3. The van der Waals surface area contributed by atoms with Crippen LogP contribution in [0.25, 0.3) is 0 Å². The molecule has 0 aromatic carbocycles. The van der Waals surface area contributed by atoms with Crippen molar-refractivity contribution >= 4 is 0 Å². The molecule has 0 aromatic rings. The van der Waals surface area contributed by atoms with Crippen LogP contribution in [-0.2, 0) is 4.74 Å². The number of morpholine rings is 1. The quantitative estimate of drug-likeness (QED) is 0.789. The van der Waals surface area contributed by atoms with Crippen molar-refractivity contribution in [2.24, 2.45) is 11.8 Å². The van der Waals surface area contributed by atoms with Crippen LogP contribution in [0.1, 0.15) is 46.0 Å². The largest absolute Gasteiger partial charge is 0.379 e. The molecule has 1 aliphatic heterocycles. The molecule has 0 bridgehead atoms. The van der Waals surface area contributed by atoms with Crippen molar-refractivity contribution in [2.45, 2.75) is 58.0 Å². The van der Waals surface area contributed by atoms with Crippen LogP contribution in [0, 0.1) is 11.8 Å². The minimum atomic E-state index is 0.546. The van der Waals surface area contributed by atoms with Gasteiger partial charge in [0.15, 0.2) is 0 Å². The number of ether oxygens (including phenoxy) is 1. The average molecular weight is 254 g/mol. The third-order valence-corrected chi connectivity index (χ3v) is 4.65. The van der Waals surface area contributed by atoms with Gasteiger partial charge in [0.1, 0.15) is 0 Å². The minimum absolute atomic E-state index is 0.546. The van der Waals surface area contributed by atoms with Gasteiger partial charge in [-0.1, -0.05) is 26.2 Å². The first-order chi connectivity index (χ1) is 8.75. The van der Waals surface area contributed by atoms with Gasteiger partial charge in [-0.25, -0.2) is 0 Å². The molecule has 106 valence electrons. The van der Waals surface area contributed by atoms with E-state index in [-0.39, 0.29) is 0 Å². The van der Waals surface area contributed by atoms with Crippen molar-refractivity contribution in [3.05, 3.63) is 0 Å². The van der Waals surface area contributed by atoms with Crippen LogP contribution in [0.2, 0.25) is 0 Å². The van der Waals surface area contributed by atoms with Crippen LogP contribution in [0.15, 0.2) is 0 Å². The lowest BCUT2D eigenvalue weighted by Gasteiger charge is -2.31. The van der Waals surface area contributed by atoms with Gasteiger partial charge in [-0.2, -0.15) is 0 Å². The van der Waals surface area contributed by atoms with Crippen molar-refractivity contribution in [1.82, 2.24) is 10.6 Å². The molecule has 1 saturated carbocycles. The van der Waals surface area contributed by atoms with E-state index in [2.05, 4.69) is 24.5 Å². The van der Waals surface area contributed by atoms with Crippen LogP contribution in [0.5, 0.6) is 0 Å². The lowest BCUT2D eigenvalue weighted by atomic mass is 9.80. The Labute approximate surface area is 112 Å². The predicted octanol–water partition coefficient (Wildman–Crippen LogP) is 2.17. The SMILES string of the molecule is CC(CC1COCCN1)NCC1CCCCC1C. The Morgan fingerprint density at radius 2 is 2.17 bits per heavy atom. The molecule has 4 unspecified atom stereocenters. The Morgan fingerprint density at radius 3 is 2.89 bits per heavy atom. The molecule has 0 spiro atoms. The third-order valence-electron chi connectivity index (χ3n) is 4.65. The van der Waals surface area contributed by atoms with Gasteiger partial charge in [0.05, 0.1) is 13.2 Å². The van der Waals surface area contributed by atoms with Crippen LogP contribution in [-0.4, -0.2) is 38.4 Å². The van der Waals surface area contributed by atoms with Gasteiger partial charge in [-0.05, 0) is 38.1 Å². The monoisotopic (exact) mass is 254 g/mol. The summed E-state index contributed by atoms with van der Waals surface area (Å²) in [7, 11) is 0. The van der Waals surface area contributed by atoms with Crippen molar-refractivity contribution in [1.29, 1.82) is 0 Å². The third kappa shape index (κ3) is 4.52. The molecule has 2 N–H and O–H groups in total. The highest BCUT2D eigenvalue weighted by molar-refractivity contribution is 4.79. The van der Waals surface area contributed by atoms with E-state index >= 15 is 0 Å². The number of nitrogens with one attached hydrogen (secondary N) is 2. The molecule has 2 fully saturated rings. The van der Waals surface area contributed by atoms with Crippen molar-refractivity contribution < 1.29 is 4.74 Å². The van der Waals surface area contributed by atoms with E-state index in [4.69, 9.17) is 4.74 Å². The van der Waals surface area contributed by atoms with Crippen molar-refractivity contribution in [3.63, 3.8) is 0 Å². The van der Waals surface area contributed by atoms with E-state index in [1.807, 2.05) is 0 Å². The molecule has 2 aliphatic rings. The molecule has 1 aliphatic carbocycles. The summed E-state index contributed by atoms with van der Waals surface area (Å²) in [5.74, 6) is 1.81. The summed E-state index contributed by atoms with van der Waals surface area (Å²) in [6, 6.07) is 1.14. The average Bonchev–Trinajstić information content (AvgIpc) is 2.39. The zero-order chi connectivity index (χ0) is 12.8. The van der Waals surface area contributed by atoms with E-state index in [0.717, 1.165) is 31.6 Å². The topological polar surface area (TPSA) is 33.3 Å². The summed E-state index contributed by atoms with van der Waals surface area (Å²) in [6.45, 7) is 8.70. The van der Waals surface area contributed by atoms with E-state index < -0.39 is 0 Å². The fraction of sp³-hybridized carbons (Fsp3) is 1.00. The molecule has 4 atom stereocenters. The minimum Gasteiger partial charge on any atom is -0.379 e. The lowest BCUT2D eigenvalue weighted by molar-refractivity contribution is 0.0708. The maximum atomic E-state index is 5.50. The Hall–Kier alpha value is -0.120. The van der Waals surface area contributed by atoms with E-state index in [1.165, 1.54) is 38.6 Å². The highest BCUT2D eigenvalue weighted by atomic mass is 16.5. The zero-order valence-electron chi connectivity index (χ0n) is 12.1. The van der Waals surface area contributed by atoms with Crippen LogP contribution >= 0.6 is 0 Å². The summed E-state index contributed by atoms with van der Waals surface area (Å²) in [6.07, 6.45) is 6.91. The Bertz CT molecular complexity index is 229. The molecule has 0 aromatic heterocycles. The van der Waals surface area contributed by atoms with E-state index in [9.17, 15) is 0 Å². The first-order valence-electron chi connectivity index (χ1n) is 7.80. The maximum absolute atomic E-state index is 5.50. The lowest BCUT2D eigenvalue weighted by Crippen LogP contribution is -2.45. The zero-order valence-corrected chi connectivity index (χ0v) is 12.1. The second kappa shape index (κ2) is 7.46. The molecular formula is C15H30N2O. The number of hydrogen-bond donors (Lipinski definition) is 2. The fourth-order valence-electron chi connectivity index (χ4n) is 3.33. The molecule has 3 nitrogen and oxygen atoms in total. The van der Waals surface area contributed by atoms with E-state index in [1.54, 1.807) is 0 Å². The molecule has 0 radical (unpaired) electrons. The summed E-state index contributed by atoms with van der Waals surface area (Å²) >= 11 is 0. The van der Waals surface area contributed by atoms with Gasteiger partial charge in [0.2, 0.25) is 0 Å². The van der Waals surface area contributed by atoms with Gasteiger partial charge in [-0.3, -0.25) is 0 Å². The second-order valence-electron chi connectivity index (χ2n) is 6.29. The smallest absolute Gasteiger partial charge is 0.0620 e. The molecule has 1 heterocycles. The Morgan fingerprint density at radius 1 is 1.33 bits per heavy atom. The van der Waals surface area contributed by atoms with Gasteiger partial charge in [0.25, 0.3) is 0 Å². The summed E-state index contributed by atoms with van der Waals surface area (Å²) in [4.78, 5) is 0. The van der Waals surface area contributed by atoms with Gasteiger partial charge in [-0.15, -0.1) is 0 Å². The summed E-state index contributed by atoms with van der Waals surface area (Å²) < 4.78 is 5.50.